The molecule has 0 aliphatic carbocycles. The molecule has 192 valence electrons. The van der Waals surface area contributed by atoms with Crippen molar-refractivity contribution in [3.63, 3.8) is 0 Å². The molecular formula is C23H32N4O8. The molecule has 0 radical (unpaired) electrons. The largest absolute Gasteiger partial charge is 0.497 e. The maximum Gasteiger partial charge on any atom is 0.330 e. The van der Waals surface area contributed by atoms with Crippen LogP contribution in [0.4, 0.5) is 11.5 Å². The Bertz CT molecular complexity index is 1160. The van der Waals surface area contributed by atoms with Crippen molar-refractivity contribution in [2.45, 2.75) is 26.8 Å². The number of amides is 1. The zero-order chi connectivity index (χ0) is 26.1. The molecule has 1 heterocycles. The second kappa shape index (κ2) is 12.6. The number of nitrogens with one attached hydrogen (secondary N) is 1. The zero-order valence-electron chi connectivity index (χ0n) is 20.6. The molecule has 0 saturated heterocycles. The van der Waals surface area contributed by atoms with Crippen molar-refractivity contribution in [3.8, 4) is 11.5 Å². The lowest BCUT2D eigenvalue weighted by Gasteiger charge is -2.24. The SMILES string of the molecule is COCCN(C(=O)COC(=O)Cc1ccc(OC)cc1OC)c1c(N)n(CC(C)C)c(=O)[nH]c1=O. The van der Waals surface area contributed by atoms with Crippen molar-refractivity contribution in [1.82, 2.24) is 9.55 Å². The van der Waals surface area contributed by atoms with E-state index in [0.717, 1.165) is 4.90 Å². The Hall–Kier alpha value is -3.80. The molecule has 0 unspecified atom stereocenters. The highest BCUT2D eigenvalue weighted by molar-refractivity contribution is 5.97. The van der Waals surface area contributed by atoms with E-state index < -0.39 is 29.7 Å². The van der Waals surface area contributed by atoms with Gasteiger partial charge in [0.2, 0.25) is 0 Å². The summed E-state index contributed by atoms with van der Waals surface area (Å²) in [5.41, 5.74) is 4.97. The molecule has 12 nitrogen and oxygen atoms in total. The lowest BCUT2D eigenvalue weighted by Crippen LogP contribution is -2.44. The Kier molecular flexibility index (Phi) is 9.88. The topological polar surface area (TPSA) is 155 Å². The number of aromatic nitrogens is 2. The molecule has 2 rings (SSSR count). The molecule has 1 amide bonds. The van der Waals surface area contributed by atoms with E-state index in [1.54, 1.807) is 18.2 Å². The minimum absolute atomic E-state index is 0.0489. The Labute approximate surface area is 202 Å². The van der Waals surface area contributed by atoms with Crippen LogP contribution in [0.3, 0.4) is 0 Å². The van der Waals surface area contributed by atoms with Crippen LogP contribution < -0.4 is 31.4 Å². The van der Waals surface area contributed by atoms with Gasteiger partial charge in [0.25, 0.3) is 11.5 Å². The molecule has 0 saturated carbocycles. The summed E-state index contributed by atoms with van der Waals surface area (Å²) >= 11 is 0. The number of methoxy groups -OCH3 is 3. The molecule has 12 heteroatoms. The summed E-state index contributed by atoms with van der Waals surface area (Å²) < 4.78 is 21.8. The van der Waals surface area contributed by atoms with E-state index in [1.807, 2.05) is 13.8 Å². The summed E-state index contributed by atoms with van der Waals surface area (Å²) in [6.07, 6.45) is -0.152. The van der Waals surface area contributed by atoms with Crippen LogP contribution in [0.5, 0.6) is 11.5 Å². The van der Waals surface area contributed by atoms with Crippen LogP contribution in [0.25, 0.3) is 0 Å². The number of nitrogen functional groups attached to an aromatic ring is 1. The molecule has 3 N–H and O–H groups in total. The highest BCUT2D eigenvalue weighted by atomic mass is 16.5. The number of H-pyrrole nitrogens is 1. The van der Waals surface area contributed by atoms with E-state index in [9.17, 15) is 19.2 Å². The Morgan fingerprint density at radius 1 is 1.14 bits per heavy atom. The van der Waals surface area contributed by atoms with Gasteiger partial charge in [0.05, 0.1) is 27.2 Å². The van der Waals surface area contributed by atoms with Gasteiger partial charge in [-0.25, -0.2) is 4.79 Å². The average Bonchev–Trinajstić information content (AvgIpc) is 2.82. The second-order valence-corrected chi connectivity index (χ2v) is 8.05. The third-order valence-electron chi connectivity index (χ3n) is 5.04. The minimum Gasteiger partial charge on any atom is -0.497 e. The van der Waals surface area contributed by atoms with Crippen LogP contribution in [0.15, 0.2) is 27.8 Å². The van der Waals surface area contributed by atoms with Gasteiger partial charge < -0.3 is 24.7 Å². The number of rotatable bonds is 12. The van der Waals surface area contributed by atoms with E-state index in [0.29, 0.717) is 17.1 Å². The van der Waals surface area contributed by atoms with Gasteiger partial charge >= 0.3 is 11.7 Å². The summed E-state index contributed by atoms with van der Waals surface area (Å²) in [7, 11) is 4.40. The molecule has 0 aliphatic heterocycles. The van der Waals surface area contributed by atoms with Crippen molar-refractivity contribution >= 4 is 23.4 Å². The summed E-state index contributed by atoms with van der Waals surface area (Å²) in [6.45, 7) is 3.36. The van der Waals surface area contributed by atoms with E-state index in [-0.39, 0.29) is 43.5 Å². The van der Waals surface area contributed by atoms with Crippen molar-refractivity contribution in [1.29, 1.82) is 0 Å². The zero-order valence-corrected chi connectivity index (χ0v) is 20.6. The normalized spacial score (nSPS) is 10.8. The summed E-state index contributed by atoms with van der Waals surface area (Å²) in [6, 6.07) is 4.95. The van der Waals surface area contributed by atoms with Crippen LogP contribution in [0.2, 0.25) is 0 Å². The first kappa shape index (κ1) is 27.4. The quantitative estimate of drug-likeness (QED) is 0.404. The molecular weight excluding hydrogens is 460 g/mol. The smallest absolute Gasteiger partial charge is 0.330 e. The number of aromatic amines is 1. The molecule has 0 fully saturated rings. The highest BCUT2D eigenvalue weighted by Crippen LogP contribution is 2.25. The molecule has 0 aliphatic rings. The molecule has 1 aromatic carbocycles. The molecule has 2 aromatic rings. The Morgan fingerprint density at radius 2 is 1.86 bits per heavy atom. The molecule has 0 atom stereocenters. The fourth-order valence-corrected chi connectivity index (χ4v) is 3.35. The van der Waals surface area contributed by atoms with Crippen LogP contribution in [0, 0.1) is 5.92 Å². The van der Waals surface area contributed by atoms with Crippen molar-refractivity contribution < 1.29 is 28.5 Å². The number of hydrogen-bond donors (Lipinski definition) is 2. The number of carbonyl (C=O) groups is 2. The van der Waals surface area contributed by atoms with Gasteiger partial charge in [-0.3, -0.25) is 28.8 Å². The summed E-state index contributed by atoms with van der Waals surface area (Å²) in [5, 5.41) is 0. The average molecular weight is 493 g/mol. The number of esters is 1. The number of carbonyl (C=O) groups excluding carboxylic acids is 2. The molecule has 35 heavy (non-hydrogen) atoms. The Balaban J connectivity index is 2.24. The molecule has 1 aromatic heterocycles. The summed E-state index contributed by atoms with van der Waals surface area (Å²) in [5.74, 6) is -0.506. The lowest BCUT2D eigenvalue weighted by atomic mass is 10.1. The molecule has 0 bridgehead atoms. The van der Waals surface area contributed by atoms with E-state index in [1.165, 1.54) is 25.9 Å². The third-order valence-corrected chi connectivity index (χ3v) is 5.04. The van der Waals surface area contributed by atoms with Gasteiger partial charge in [0.1, 0.15) is 17.3 Å². The number of anilines is 2. The van der Waals surface area contributed by atoms with Crippen molar-refractivity contribution in [2.75, 3.05) is 51.7 Å². The van der Waals surface area contributed by atoms with Crippen molar-refractivity contribution in [3.05, 3.63) is 44.6 Å². The first-order chi connectivity index (χ1) is 16.6. The third kappa shape index (κ3) is 7.09. The van der Waals surface area contributed by atoms with E-state index >= 15 is 0 Å². The fourth-order valence-electron chi connectivity index (χ4n) is 3.35. The lowest BCUT2D eigenvalue weighted by molar-refractivity contribution is -0.147. The van der Waals surface area contributed by atoms with Crippen LogP contribution >= 0.6 is 0 Å². The van der Waals surface area contributed by atoms with Gasteiger partial charge in [-0.15, -0.1) is 0 Å². The monoisotopic (exact) mass is 492 g/mol. The maximum absolute atomic E-state index is 13.0. The Morgan fingerprint density at radius 3 is 2.46 bits per heavy atom. The van der Waals surface area contributed by atoms with Gasteiger partial charge in [0.15, 0.2) is 12.3 Å². The van der Waals surface area contributed by atoms with Gasteiger partial charge in [-0.1, -0.05) is 19.9 Å². The number of nitrogens with two attached hydrogens (primary N) is 1. The number of nitrogens with zero attached hydrogens (tertiary/aromatic N) is 2. The van der Waals surface area contributed by atoms with Crippen LogP contribution in [-0.2, 0) is 32.0 Å². The van der Waals surface area contributed by atoms with Crippen LogP contribution in [0.1, 0.15) is 19.4 Å². The predicted molar refractivity (Wildman–Crippen MR) is 129 cm³/mol. The van der Waals surface area contributed by atoms with Crippen molar-refractivity contribution in [2.24, 2.45) is 5.92 Å². The maximum atomic E-state index is 13.0. The predicted octanol–water partition coefficient (Wildman–Crippen LogP) is 0.557. The fraction of sp³-hybridized carbons (Fsp3) is 0.478. The van der Waals surface area contributed by atoms with Gasteiger partial charge in [-0.2, -0.15) is 0 Å². The standard InChI is InChI=1S/C23H32N4O8/c1-14(2)12-27-21(24)20(22(30)25-23(27)31)26(8-9-32-3)18(28)13-35-19(29)10-15-6-7-16(33-4)11-17(15)34-5/h6-7,11,14H,8-10,12-13,24H2,1-5H3,(H,25,30,31). The second-order valence-electron chi connectivity index (χ2n) is 8.05. The van der Waals surface area contributed by atoms with E-state index in [4.69, 9.17) is 24.7 Å². The highest BCUT2D eigenvalue weighted by Gasteiger charge is 2.25. The van der Waals surface area contributed by atoms with Gasteiger partial charge in [0, 0.05) is 31.8 Å². The first-order valence-corrected chi connectivity index (χ1v) is 10.9. The van der Waals surface area contributed by atoms with E-state index in [2.05, 4.69) is 4.98 Å². The number of ether oxygens (including phenoxy) is 4. The van der Waals surface area contributed by atoms with Crippen LogP contribution in [-0.4, -0.2) is 62.5 Å². The minimum atomic E-state index is -0.828. The van der Waals surface area contributed by atoms with Gasteiger partial charge in [-0.05, 0) is 12.0 Å². The number of benzene rings is 1. The first-order valence-electron chi connectivity index (χ1n) is 10.9. The summed E-state index contributed by atoms with van der Waals surface area (Å²) in [4.78, 5) is 53.5. The number of hydrogen-bond acceptors (Lipinski definition) is 9. The molecule has 0 spiro atoms.